The predicted molar refractivity (Wildman–Crippen MR) is 79.3 cm³/mol. The van der Waals surface area contributed by atoms with Crippen molar-refractivity contribution < 1.29 is 18.9 Å². The third-order valence-electron chi connectivity index (χ3n) is 3.40. The van der Waals surface area contributed by atoms with Gasteiger partial charge in [-0.3, -0.25) is 0 Å². The van der Waals surface area contributed by atoms with E-state index in [1.165, 1.54) is 0 Å². The first-order valence-electron chi connectivity index (χ1n) is 7.65. The molecule has 0 aromatic rings. The molecule has 0 N–H and O–H groups in total. The molecule has 1 rings (SSSR count). The number of ether oxygens (including phenoxy) is 4. The van der Waals surface area contributed by atoms with Crippen LogP contribution in [0, 0.1) is 0 Å². The lowest BCUT2D eigenvalue weighted by Gasteiger charge is -2.51. The predicted octanol–water partition coefficient (Wildman–Crippen LogP) is 1.79. The van der Waals surface area contributed by atoms with E-state index in [4.69, 9.17) is 18.9 Å². The highest BCUT2D eigenvalue weighted by Gasteiger charge is 2.57. The highest BCUT2D eigenvalue weighted by molar-refractivity contribution is 6.10. The van der Waals surface area contributed by atoms with Gasteiger partial charge in [-0.2, -0.15) is 0 Å². The Bertz CT molecular complexity index is 244. The van der Waals surface area contributed by atoms with Crippen LogP contribution in [-0.4, -0.2) is 47.4 Å². The molecule has 0 aliphatic heterocycles. The van der Waals surface area contributed by atoms with Crippen LogP contribution in [-0.2, 0) is 18.9 Å². The van der Waals surface area contributed by atoms with Gasteiger partial charge in [-0.25, -0.2) is 0 Å². The van der Waals surface area contributed by atoms with Crippen molar-refractivity contribution in [3.8, 4) is 0 Å². The fourth-order valence-electron chi connectivity index (χ4n) is 2.95. The maximum Gasteiger partial charge on any atom is 0.223 e. The van der Waals surface area contributed by atoms with Gasteiger partial charge in [0.15, 0.2) is 0 Å². The third kappa shape index (κ3) is 3.79. The Morgan fingerprint density at radius 2 is 1.32 bits per heavy atom. The molecule has 0 radical (unpaired) electrons. The third-order valence-corrected chi connectivity index (χ3v) is 3.64. The summed E-state index contributed by atoms with van der Waals surface area (Å²) >= 11 is 0. The van der Waals surface area contributed by atoms with Crippen LogP contribution in [0.4, 0.5) is 0 Å². The molecule has 0 aromatic heterocycles. The van der Waals surface area contributed by atoms with Crippen molar-refractivity contribution in [2.24, 2.45) is 0 Å². The van der Waals surface area contributed by atoms with Crippen molar-refractivity contribution in [3.05, 3.63) is 0 Å². The molecule has 0 spiro atoms. The molecule has 0 bridgehead atoms. The molecule has 114 valence electrons. The van der Waals surface area contributed by atoms with Gasteiger partial charge in [0.05, 0.1) is 0 Å². The van der Waals surface area contributed by atoms with E-state index >= 15 is 0 Å². The van der Waals surface area contributed by atoms with E-state index in [0.29, 0.717) is 19.8 Å². The molecule has 19 heavy (non-hydrogen) atoms. The Labute approximate surface area is 120 Å². The summed E-state index contributed by atoms with van der Waals surface area (Å²) in [5.41, 5.74) is 0.213. The molecule has 1 aliphatic carbocycles. The summed E-state index contributed by atoms with van der Waals surface area (Å²) in [6, 6.07) is 0. The van der Waals surface area contributed by atoms with Gasteiger partial charge in [-0.15, -0.1) is 0 Å². The monoisotopic (exact) mass is 290 g/mol. The Morgan fingerprint density at radius 3 is 1.74 bits per heavy atom. The normalized spacial score (nSPS) is 28.4. The van der Waals surface area contributed by atoms with E-state index in [-0.39, 0.29) is 5.73 Å². The lowest BCUT2D eigenvalue weighted by atomic mass is 9.87. The molecule has 2 atom stereocenters. The zero-order valence-corrected chi connectivity index (χ0v) is 15.2. The summed E-state index contributed by atoms with van der Waals surface area (Å²) in [4.78, 5) is 0. The van der Waals surface area contributed by atoms with E-state index in [9.17, 15) is 0 Å². The molecule has 1 aliphatic rings. The van der Waals surface area contributed by atoms with Crippen molar-refractivity contribution in [3.63, 3.8) is 0 Å². The summed E-state index contributed by atoms with van der Waals surface area (Å²) in [6.07, 6.45) is 3.86. The van der Waals surface area contributed by atoms with Crippen LogP contribution in [0.5, 0.6) is 0 Å². The minimum atomic E-state index is -0.747. The lowest BCUT2D eigenvalue weighted by Crippen LogP contribution is -2.63. The first-order valence-corrected chi connectivity index (χ1v) is 8.81. The molecule has 0 amide bonds. The highest BCUT2D eigenvalue weighted by Crippen LogP contribution is 2.45. The number of hydrogen-bond acceptors (Lipinski definition) is 4. The van der Waals surface area contributed by atoms with E-state index in [1.54, 1.807) is 0 Å². The summed E-state index contributed by atoms with van der Waals surface area (Å²) < 4.78 is 24.3. The van der Waals surface area contributed by atoms with Crippen LogP contribution in [0.3, 0.4) is 0 Å². The zero-order chi connectivity index (χ0) is 14.4. The van der Waals surface area contributed by atoms with Crippen molar-refractivity contribution >= 4 is 10.2 Å². The number of hydrogen-bond donors (Lipinski definition) is 0. The molecular weight excluding hydrogens is 260 g/mol. The Hall–Kier alpha value is 0.0569. The number of rotatable bonds is 8. The van der Waals surface area contributed by atoms with Crippen LogP contribution in [0.2, 0.25) is 0 Å². The van der Waals surface area contributed by atoms with E-state index in [1.807, 2.05) is 20.8 Å². The zero-order valence-electron chi connectivity index (χ0n) is 13.2. The average molecular weight is 290 g/mol. The second kappa shape index (κ2) is 7.74. The molecule has 0 saturated heterocycles. The second-order valence-corrected chi connectivity index (χ2v) is 6.80. The van der Waals surface area contributed by atoms with Gasteiger partial charge in [-0.05, 0) is 40.5 Å². The first-order chi connectivity index (χ1) is 9.06. The maximum absolute atomic E-state index is 6.23. The van der Waals surface area contributed by atoms with Gasteiger partial charge in [0.2, 0.25) is 11.6 Å². The molecule has 5 heteroatoms. The van der Waals surface area contributed by atoms with Crippen molar-refractivity contribution in [2.75, 3.05) is 19.8 Å². The highest BCUT2D eigenvalue weighted by atomic mass is 28.1. The van der Waals surface area contributed by atoms with E-state index < -0.39 is 11.6 Å². The van der Waals surface area contributed by atoms with Crippen LogP contribution in [0.25, 0.3) is 0 Å². The topological polar surface area (TPSA) is 36.9 Å². The average Bonchev–Trinajstić information content (AvgIpc) is 2.33. The van der Waals surface area contributed by atoms with Crippen LogP contribution in [0.1, 0.15) is 53.4 Å². The first kappa shape index (κ1) is 17.1. The second-order valence-electron chi connectivity index (χ2n) is 5.18. The van der Waals surface area contributed by atoms with Crippen LogP contribution < -0.4 is 0 Å². The molecule has 0 heterocycles. The Morgan fingerprint density at radius 1 is 0.895 bits per heavy atom. The van der Waals surface area contributed by atoms with E-state index in [2.05, 4.69) is 6.92 Å². The summed E-state index contributed by atoms with van der Waals surface area (Å²) in [5, 5.41) is 0. The largest absolute Gasteiger partial charge is 0.347 e. The van der Waals surface area contributed by atoms with Crippen molar-refractivity contribution in [1.82, 2.24) is 0 Å². The minimum absolute atomic E-state index is 0.213. The summed E-state index contributed by atoms with van der Waals surface area (Å²) in [6.45, 7) is 9.90. The fraction of sp³-hybridized carbons (Fsp3) is 1.00. The Kier molecular flexibility index (Phi) is 6.97. The Balaban J connectivity index is 3.08. The van der Waals surface area contributed by atoms with Gasteiger partial charge in [0.1, 0.15) is 0 Å². The summed E-state index contributed by atoms with van der Waals surface area (Å²) in [7, 11) is 0.967. The van der Waals surface area contributed by atoms with Crippen molar-refractivity contribution in [1.29, 1.82) is 0 Å². The quantitative estimate of drug-likeness (QED) is 0.504. The van der Waals surface area contributed by atoms with Gasteiger partial charge >= 0.3 is 0 Å². The van der Waals surface area contributed by atoms with Crippen molar-refractivity contribution in [2.45, 2.75) is 70.7 Å². The molecule has 0 aromatic carbocycles. The molecule has 4 nitrogen and oxygen atoms in total. The SMILES string of the molecule is CCOC1(OCC)CCCCC1(OCC)OC(C)[SiH3]. The van der Waals surface area contributed by atoms with Crippen LogP contribution in [0.15, 0.2) is 0 Å². The molecule has 2 unspecified atom stereocenters. The van der Waals surface area contributed by atoms with Crippen LogP contribution >= 0.6 is 0 Å². The fourth-order valence-corrected chi connectivity index (χ4v) is 3.33. The molecule has 1 saturated carbocycles. The molecule has 1 fully saturated rings. The van der Waals surface area contributed by atoms with Gasteiger partial charge < -0.3 is 18.9 Å². The van der Waals surface area contributed by atoms with Gasteiger partial charge in [0, 0.05) is 48.6 Å². The summed E-state index contributed by atoms with van der Waals surface area (Å²) in [5.74, 6) is -1.49. The van der Waals surface area contributed by atoms with Gasteiger partial charge in [-0.1, -0.05) is 0 Å². The lowest BCUT2D eigenvalue weighted by molar-refractivity contribution is -0.422. The van der Waals surface area contributed by atoms with E-state index in [0.717, 1.165) is 35.9 Å². The maximum atomic E-state index is 6.23. The van der Waals surface area contributed by atoms with Gasteiger partial charge in [0.25, 0.3) is 0 Å². The standard InChI is InChI=1S/C14H30O4Si/c1-5-15-13(16-6-2)10-8-9-11-14(13,17-7-3)18-12(4)19/h12H,5-11H2,1-4,19H3. The smallest absolute Gasteiger partial charge is 0.223 e. The molecular formula is C14H30O4Si. The minimum Gasteiger partial charge on any atom is -0.347 e.